The molecular weight excluding hydrogens is 266 g/mol. The minimum absolute atomic E-state index is 0.0780. The van der Waals surface area contributed by atoms with E-state index in [1.54, 1.807) is 23.9 Å². The van der Waals surface area contributed by atoms with E-state index < -0.39 is 5.97 Å². The summed E-state index contributed by atoms with van der Waals surface area (Å²) in [5, 5.41) is 14.0. The van der Waals surface area contributed by atoms with E-state index in [0.717, 1.165) is 5.75 Å². The van der Waals surface area contributed by atoms with E-state index in [2.05, 4.69) is 15.6 Å². The van der Waals surface area contributed by atoms with Crippen molar-refractivity contribution in [1.29, 1.82) is 0 Å². The highest BCUT2D eigenvalue weighted by Gasteiger charge is 2.07. The van der Waals surface area contributed by atoms with E-state index in [9.17, 15) is 9.59 Å². The van der Waals surface area contributed by atoms with Crippen LogP contribution >= 0.6 is 11.8 Å². The summed E-state index contributed by atoms with van der Waals surface area (Å²) < 4.78 is 0. The Balaban J connectivity index is 2.48. The predicted octanol–water partition coefficient (Wildman–Crippen LogP) is 1.58. The molecule has 0 bridgehead atoms. The Labute approximate surface area is 116 Å². The summed E-state index contributed by atoms with van der Waals surface area (Å²) in [6.07, 6.45) is 3.29. The Morgan fingerprint density at radius 1 is 1.47 bits per heavy atom. The summed E-state index contributed by atoms with van der Waals surface area (Å²) in [7, 11) is 0. The molecule has 1 aromatic rings. The van der Waals surface area contributed by atoms with Crippen LogP contribution in [-0.2, 0) is 11.2 Å². The highest BCUT2D eigenvalue weighted by atomic mass is 32.2. The third kappa shape index (κ3) is 6.10. The van der Waals surface area contributed by atoms with Crippen LogP contribution in [-0.4, -0.2) is 40.1 Å². The number of amides is 2. The lowest BCUT2D eigenvalue weighted by Gasteiger charge is -2.13. The van der Waals surface area contributed by atoms with Crippen LogP contribution < -0.4 is 10.6 Å². The SMILES string of the molecule is CSCC(C)NC(=O)Nc1ccc(CC(=O)O)nc1. The van der Waals surface area contributed by atoms with Crippen molar-refractivity contribution in [3.63, 3.8) is 0 Å². The lowest BCUT2D eigenvalue weighted by Crippen LogP contribution is -2.37. The molecule has 6 nitrogen and oxygen atoms in total. The monoisotopic (exact) mass is 283 g/mol. The van der Waals surface area contributed by atoms with Gasteiger partial charge in [0.1, 0.15) is 0 Å². The zero-order valence-electron chi connectivity index (χ0n) is 10.8. The molecule has 0 saturated heterocycles. The van der Waals surface area contributed by atoms with Gasteiger partial charge >= 0.3 is 12.0 Å². The molecule has 7 heteroatoms. The zero-order chi connectivity index (χ0) is 14.3. The van der Waals surface area contributed by atoms with Gasteiger partial charge < -0.3 is 15.7 Å². The molecule has 104 valence electrons. The highest BCUT2D eigenvalue weighted by Crippen LogP contribution is 2.07. The number of carboxylic acid groups (broad SMARTS) is 1. The van der Waals surface area contributed by atoms with E-state index in [1.165, 1.54) is 6.20 Å². The van der Waals surface area contributed by atoms with Crippen molar-refractivity contribution in [2.24, 2.45) is 0 Å². The van der Waals surface area contributed by atoms with Crippen LogP contribution in [0.4, 0.5) is 10.5 Å². The number of rotatable bonds is 6. The van der Waals surface area contributed by atoms with Crippen LogP contribution in [0.5, 0.6) is 0 Å². The van der Waals surface area contributed by atoms with E-state index in [1.807, 2.05) is 13.2 Å². The number of hydrogen-bond donors (Lipinski definition) is 3. The summed E-state index contributed by atoms with van der Waals surface area (Å²) in [4.78, 5) is 26.1. The molecule has 0 saturated carbocycles. The molecule has 0 fully saturated rings. The van der Waals surface area contributed by atoms with Gasteiger partial charge in [0.25, 0.3) is 0 Å². The van der Waals surface area contributed by atoms with E-state index in [4.69, 9.17) is 5.11 Å². The number of carbonyl (C=O) groups excluding carboxylic acids is 1. The number of nitrogens with one attached hydrogen (secondary N) is 2. The Hall–Kier alpha value is -1.76. The first-order chi connectivity index (χ1) is 9.01. The summed E-state index contributed by atoms with van der Waals surface area (Å²) >= 11 is 1.66. The second kappa shape index (κ2) is 7.63. The van der Waals surface area contributed by atoms with Crippen molar-refractivity contribution < 1.29 is 14.7 Å². The quantitative estimate of drug-likeness (QED) is 0.737. The first-order valence-electron chi connectivity index (χ1n) is 5.74. The molecule has 1 rings (SSSR count). The summed E-state index contributed by atoms with van der Waals surface area (Å²) in [6, 6.07) is 2.99. The molecule has 1 aromatic heterocycles. The number of aromatic nitrogens is 1. The molecule has 1 unspecified atom stereocenters. The molecule has 0 aliphatic heterocycles. The fraction of sp³-hybridized carbons (Fsp3) is 0.417. The van der Waals surface area contributed by atoms with Crippen LogP contribution in [0.15, 0.2) is 18.3 Å². The number of carboxylic acids is 1. The Morgan fingerprint density at radius 3 is 2.74 bits per heavy atom. The molecule has 0 aliphatic carbocycles. The number of aliphatic carboxylic acids is 1. The van der Waals surface area contributed by atoms with Crippen molar-refractivity contribution in [1.82, 2.24) is 10.3 Å². The third-order valence-corrected chi connectivity index (χ3v) is 3.04. The van der Waals surface area contributed by atoms with Gasteiger partial charge in [-0.2, -0.15) is 11.8 Å². The summed E-state index contributed by atoms with van der Waals surface area (Å²) in [5.74, 6) is -0.0970. The first-order valence-corrected chi connectivity index (χ1v) is 7.14. The number of urea groups is 1. The second-order valence-corrected chi connectivity index (χ2v) is 4.97. The van der Waals surface area contributed by atoms with Gasteiger partial charge in [-0.1, -0.05) is 0 Å². The molecule has 0 radical (unpaired) electrons. The average molecular weight is 283 g/mol. The smallest absolute Gasteiger partial charge is 0.319 e. The van der Waals surface area contributed by atoms with Crippen molar-refractivity contribution in [2.75, 3.05) is 17.3 Å². The van der Waals surface area contributed by atoms with Crippen molar-refractivity contribution in [3.05, 3.63) is 24.0 Å². The van der Waals surface area contributed by atoms with E-state index in [0.29, 0.717) is 11.4 Å². The fourth-order valence-electron chi connectivity index (χ4n) is 1.44. The average Bonchev–Trinajstić information content (AvgIpc) is 2.31. The number of thioether (sulfide) groups is 1. The third-order valence-electron chi connectivity index (χ3n) is 2.21. The normalized spacial score (nSPS) is 11.7. The minimum Gasteiger partial charge on any atom is -0.481 e. The van der Waals surface area contributed by atoms with Crippen LogP contribution in [0.2, 0.25) is 0 Å². The molecule has 0 aromatic carbocycles. The van der Waals surface area contributed by atoms with Crippen LogP contribution in [0.25, 0.3) is 0 Å². The van der Waals surface area contributed by atoms with Gasteiger partial charge in [-0.15, -0.1) is 0 Å². The van der Waals surface area contributed by atoms with Gasteiger partial charge in [-0.3, -0.25) is 9.78 Å². The van der Waals surface area contributed by atoms with Gasteiger partial charge in [-0.25, -0.2) is 4.79 Å². The lowest BCUT2D eigenvalue weighted by molar-refractivity contribution is -0.136. The first kappa shape index (κ1) is 15.3. The maximum absolute atomic E-state index is 11.6. The summed E-state index contributed by atoms with van der Waals surface area (Å²) in [5.41, 5.74) is 0.984. The molecule has 3 N–H and O–H groups in total. The number of nitrogens with zero attached hydrogens (tertiary/aromatic N) is 1. The van der Waals surface area contributed by atoms with Gasteiger partial charge in [0, 0.05) is 11.8 Å². The van der Waals surface area contributed by atoms with Crippen LogP contribution in [0.3, 0.4) is 0 Å². The highest BCUT2D eigenvalue weighted by molar-refractivity contribution is 7.98. The molecule has 1 heterocycles. The molecule has 19 heavy (non-hydrogen) atoms. The standard InChI is InChI=1S/C12H17N3O3S/c1-8(7-19-2)14-12(18)15-10-4-3-9(13-6-10)5-11(16)17/h3-4,6,8H,5,7H2,1-2H3,(H,16,17)(H2,14,15,18). The maximum Gasteiger partial charge on any atom is 0.319 e. The number of carbonyl (C=O) groups is 2. The lowest BCUT2D eigenvalue weighted by atomic mass is 10.2. The van der Waals surface area contributed by atoms with Gasteiger partial charge in [0.15, 0.2) is 0 Å². The molecule has 1 atom stereocenters. The fourth-order valence-corrected chi connectivity index (χ4v) is 2.02. The molecule has 0 spiro atoms. The van der Waals surface area contributed by atoms with Crippen LogP contribution in [0.1, 0.15) is 12.6 Å². The van der Waals surface area contributed by atoms with Gasteiger partial charge in [-0.05, 0) is 25.3 Å². The van der Waals surface area contributed by atoms with Gasteiger partial charge in [0.2, 0.25) is 0 Å². The van der Waals surface area contributed by atoms with Crippen molar-refractivity contribution >= 4 is 29.4 Å². The van der Waals surface area contributed by atoms with Crippen molar-refractivity contribution in [2.45, 2.75) is 19.4 Å². The van der Waals surface area contributed by atoms with Crippen molar-refractivity contribution in [3.8, 4) is 0 Å². The molecule has 2 amide bonds. The Morgan fingerprint density at radius 2 is 2.21 bits per heavy atom. The zero-order valence-corrected chi connectivity index (χ0v) is 11.7. The second-order valence-electron chi connectivity index (χ2n) is 4.06. The number of pyridine rings is 1. The molecular formula is C12H17N3O3S. The maximum atomic E-state index is 11.6. The molecule has 0 aliphatic rings. The Bertz CT molecular complexity index is 436. The predicted molar refractivity (Wildman–Crippen MR) is 75.6 cm³/mol. The minimum atomic E-state index is -0.933. The number of anilines is 1. The Kier molecular flexibility index (Phi) is 6.14. The van der Waals surface area contributed by atoms with E-state index >= 15 is 0 Å². The summed E-state index contributed by atoms with van der Waals surface area (Å²) in [6.45, 7) is 1.92. The number of hydrogen-bond acceptors (Lipinski definition) is 4. The van der Waals surface area contributed by atoms with Crippen LogP contribution in [0, 0.1) is 0 Å². The largest absolute Gasteiger partial charge is 0.481 e. The van der Waals surface area contributed by atoms with E-state index in [-0.39, 0.29) is 18.5 Å². The van der Waals surface area contributed by atoms with Gasteiger partial charge in [0.05, 0.1) is 24.0 Å². The topological polar surface area (TPSA) is 91.3 Å².